The molecule has 0 fully saturated rings. The SMILES string of the molecule is Fc1ccc(CSc2nnc(-c3ccc4c(c3)OCCO4)n2-c2ccccc2)cc1. The molecular weight excluding hydrogens is 401 g/mol. The summed E-state index contributed by atoms with van der Waals surface area (Å²) in [6.45, 7) is 1.08. The van der Waals surface area contributed by atoms with Crippen LogP contribution in [0.4, 0.5) is 4.39 Å². The van der Waals surface area contributed by atoms with Crippen LogP contribution >= 0.6 is 11.8 Å². The molecule has 0 bridgehead atoms. The zero-order valence-electron chi connectivity index (χ0n) is 16.0. The molecule has 0 N–H and O–H groups in total. The van der Waals surface area contributed by atoms with E-state index < -0.39 is 0 Å². The Hall–Kier alpha value is -3.32. The number of ether oxygens (including phenoxy) is 2. The molecule has 0 atom stereocenters. The van der Waals surface area contributed by atoms with E-state index in [2.05, 4.69) is 10.2 Å². The van der Waals surface area contributed by atoms with Gasteiger partial charge in [0.15, 0.2) is 22.5 Å². The van der Waals surface area contributed by atoms with Gasteiger partial charge in [0.1, 0.15) is 19.0 Å². The molecule has 30 heavy (non-hydrogen) atoms. The molecule has 7 heteroatoms. The first-order chi connectivity index (χ1) is 14.8. The predicted molar refractivity (Wildman–Crippen MR) is 114 cm³/mol. The lowest BCUT2D eigenvalue weighted by atomic mass is 10.1. The van der Waals surface area contributed by atoms with Crippen molar-refractivity contribution in [2.75, 3.05) is 13.2 Å². The molecule has 3 aromatic carbocycles. The van der Waals surface area contributed by atoms with Gasteiger partial charge >= 0.3 is 0 Å². The molecule has 0 unspecified atom stereocenters. The number of para-hydroxylation sites is 1. The highest BCUT2D eigenvalue weighted by molar-refractivity contribution is 7.98. The normalized spacial score (nSPS) is 12.7. The van der Waals surface area contributed by atoms with Crippen LogP contribution in [0.15, 0.2) is 78.0 Å². The third-order valence-corrected chi connectivity index (χ3v) is 5.73. The summed E-state index contributed by atoms with van der Waals surface area (Å²) < 4.78 is 26.6. The van der Waals surface area contributed by atoms with Crippen molar-refractivity contribution >= 4 is 11.8 Å². The zero-order valence-corrected chi connectivity index (χ0v) is 16.8. The number of halogens is 1. The van der Waals surface area contributed by atoms with Crippen LogP contribution in [-0.2, 0) is 5.75 Å². The Morgan fingerprint density at radius 1 is 0.867 bits per heavy atom. The molecule has 0 aliphatic carbocycles. The van der Waals surface area contributed by atoms with Crippen LogP contribution in [0.5, 0.6) is 11.5 Å². The third kappa shape index (κ3) is 3.76. The van der Waals surface area contributed by atoms with Gasteiger partial charge in [0.05, 0.1) is 0 Å². The van der Waals surface area contributed by atoms with E-state index in [1.54, 1.807) is 23.9 Å². The summed E-state index contributed by atoms with van der Waals surface area (Å²) >= 11 is 1.56. The van der Waals surface area contributed by atoms with Gasteiger partial charge in [-0.15, -0.1) is 10.2 Å². The Bertz CT molecular complexity index is 1160. The second-order valence-electron chi connectivity index (χ2n) is 6.75. The Kier molecular flexibility index (Phi) is 5.11. The summed E-state index contributed by atoms with van der Waals surface area (Å²) in [6, 6.07) is 22.3. The summed E-state index contributed by atoms with van der Waals surface area (Å²) in [7, 11) is 0. The van der Waals surface area contributed by atoms with Gasteiger partial charge in [0, 0.05) is 17.0 Å². The molecule has 0 saturated carbocycles. The average Bonchev–Trinajstić information content (AvgIpc) is 3.23. The maximum Gasteiger partial charge on any atom is 0.196 e. The fourth-order valence-electron chi connectivity index (χ4n) is 3.27. The number of rotatable bonds is 5. The second-order valence-corrected chi connectivity index (χ2v) is 7.69. The molecule has 0 amide bonds. The first-order valence-electron chi connectivity index (χ1n) is 9.56. The van der Waals surface area contributed by atoms with Crippen LogP contribution in [0.1, 0.15) is 5.56 Å². The van der Waals surface area contributed by atoms with Crippen LogP contribution in [0.25, 0.3) is 17.1 Å². The van der Waals surface area contributed by atoms with Crippen LogP contribution in [0.3, 0.4) is 0 Å². The second kappa shape index (κ2) is 8.20. The standard InChI is InChI=1S/C23H18FN3O2S/c24-18-9-6-16(7-10-18)15-30-23-26-25-22(27(23)19-4-2-1-3-5-19)17-8-11-20-21(14-17)29-13-12-28-20/h1-11,14H,12-13,15H2. The van der Waals surface area contributed by atoms with E-state index >= 15 is 0 Å². The fourth-order valence-corrected chi connectivity index (χ4v) is 4.18. The summed E-state index contributed by atoms with van der Waals surface area (Å²) in [5.41, 5.74) is 2.88. The van der Waals surface area contributed by atoms with Crippen molar-refractivity contribution in [2.45, 2.75) is 10.9 Å². The number of nitrogens with zero attached hydrogens (tertiary/aromatic N) is 3. The van der Waals surface area contributed by atoms with Crippen LogP contribution < -0.4 is 9.47 Å². The molecule has 0 saturated heterocycles. The van der Waals surface area contributed by atoms with Gasteiger partial charge in [0.2, 0.25) is 0 Å². The predicted octanol–water partition coefficient (Wildman–Crippen LogP) is 5.14. The van der Waals surface area contributed by atoms with Gasteiger partial charge in [-0.1, -0.05) is 42.1 Å². The minimum absolute atomic E-state index is 0.239. The van der Waals surface area contributed by atoms with Gasteiger partial charge in [-0.05, 0) is 48.0 Å². The minimum atomic E-state index is -0.239. The molecule has 1 aromatic heterocycles. The number of hydrogen-bond donors (Lipinski definition) is 0. The van der Waals surface area contributed by atoms with Crippen molar-refractivity contribution in [3.05, 3.63) is 84.2 Å². The van der Waals surface area contributed by atoms with Crippen LogP contribution in [0.2, 0.25) is 0 Å². The highest BCUT2D eigenvalue weighted by Crippen LogP contribution is 2.36. The molecule has 0 radical (unpaired) electrons. The molecule has 0 spiro atoms. The number of thioether (sulfide) groups is 1. The molecule has 5 nitrogen and oxygen atoms in total. The lowest BCUT2D eigenvalue weighted by Gasteiger charge is -2.19. The first kappa shape index (κ1) is 18.7. The molecule has 5 rings (SSSR count). The first-order valence-corrected chi connectivity index (χ1v) is 10.5. The number of hydrogen-bond acceptors (Lipinski definition) is 5. The Labute approximate surface area is 177 Å². The maximum absolute atomic E-state index is 13.2. The molecule has 4 aromatic rings. The maximum atomic E-state index is 13.2. The van der Waals surface area contributed by atoms with E-state index in [0.29, 0.717) is 24.7 Å². The quantitative estimate of drug-likeness (QED) is 0.420. The highest BCUT2D eigenvalue weighted by Gasteiger charge is 2.19. The summed E-state index contributed by atoms with van der Waals surface area (Å²) in [4.78, 5) is 0. The summed E-state index contributed by atoms with van der Waals surface area (Å²) in [6.07, 6.45) is 0. The monoisotopic (exact) mass is 419 g/mol. The Balaban J connectivity index is 1.52. The van der Waals surface area contributed by atoms with Gasteiger partial charge in [-0.25, -0.2) is 4.39 Å². The van der Waals surface area contributed by atoms with Gasteiger partial charge in [0.25, 0.3) is 0 Å². The summed E-state index contributed by atoms with van der Waals surface area (Å²) in [5, 5.41) is 9.68. The minimum Gasteiger partial charge on any atom is -0.486 e. The largest absolute Gasteiger partial charge is 0.486 e. The van der Waals surface area contributed by atoms with Gasteiger partial charge in [-0.2, -0.15) is 0 Å². The average molecular weight is 419 g/mol. The van der Waals surface area contributed by atoms with Crippen molar-refractivity contribution in [2.24, 2.45) is 0 Å². The Morgan fingerprint density at radius 3 is 2.43 bits per heavy atom. The van der Waals surface area contributed by atoms with Gasteiger partial charge in [-0.3, -0.25) is 4.57 Å². The summed E-state index contributed by atoms with van der Waals surface area (Å²) in [5.74, 6) is 2.59. The Morgan fingerprint density at radius 2 is 1.63 bits per heavy atom. The van der Waals surface area contributed by atoms with Crippen molar-refractivity contribution in [1.82, 2.24) is 14.8 Å². The highest BCUT2D eigenvalue weighted by atomic mass is 32.2. The van der Waals surface area contributed by atoms with E-state index in [1.807, 2.05) is 53.1 Å². The van der Waals surface area contributed by atoms with E-state index in [1.165, 1.54) is 12.1 Å². The van der Waals surface area contributed by atoms with E-state index in [-0.39, 0.29) is 5.82 Å². The number of fused-ring (bicyclic) bond motifs is 1. The molecule has 1 aliphatic heterocycles. The van der Waals surface area contributed by atoms with Crippen LogP contribution in [0, 0.1) is 5.82 Å². The zero-order chi connectivity index (χ0) is 20.3. The fraction of sp³-hybridized carbons (Fsp3) is 0.130. The number of benzene rings is 3. The van der Waals surface area contributed by atoms with E-state index in [4.69, 9.17) is 9.47 Å². The smallest absolute Gasteiger partial charge is 0.196 e. The third-order valence-electron chi connectivity index (χ3n) is 4.73. The van der Waals surface area contributed by atoms with E-state index in [9.17, 15) is 4.39 Å². The van der Waals surface area contributed by atoms with Crippen molar-refractivity contribution in [3.63, 3.8) is 0 Å². The topological polar surface area (TPSA) is 49.2 Å². The van der Waals surface area contributed by atoms with E-state index in [0.717, 1.165) is 33.5 Å². The molecule has 1 aliphatic rings. The molecule has 2 heterocycles. The lowest BCUT2D eigenvalue weighted by molar-refractivity contribution is 0.171. The number of aromatic nitrogens is 3. The van der Waals surface area contributed by atoms with Crippen molar-refractivity contribution < 1.29 is 13.9 Å². The lowest BCUT2D eigenvalue weighted by Crippen LogP contribution is -2.15. The van der Waals surface area contributed by atoms with Crippen molar-refractivity contribution in [3.8, 4) is 28.6 Å². The van der Waals surface area contributed by atoms with Crippen molar-refractivity contribution in [1.29, 1.82) is 0 Å². The molecule has 150 valence electrons. The van der Waals surface area contributed by atoms with Crippen LogP contribution in [-0.4, -0.2) is 28.0 Å². The molecular formula is C23H18FN3O2S. The van der Waals surface area contributed by atoms with Gasteiger partial charge < -0.3 is 9.47 Å².